The third kappa shape index (κ3) is 4.01. The first kappa shape index (κ1) is 26.9. The third-order valence-corrected chi connectivity index (χ3v) is 10.7. The summed E-state index contributed by atoms with van der Waals surface area (Å²) in [5.74, 6) is -0.0635. The van der Waals surface area contributed by atoms with Crippen molar-refractivity contribution in [3.8, 4) is 5.75 Å². The van der Waals surface area contributed by atoms with Gasteiger partial charge in [-0.05, 0) is 66.1 Å². The zero-order valence-corrected chi connectivity index (χ0v) is 22.8. The first-order valence-corrected chi connectivity index (χ1v) is 13.7. The maximum Gasteiger partial charge on any atom is 0.464 e. The minimum Gasteiger partial charge on any atom is -0.482 e. The van der Waals surface area contributed by atoms with Gasteiger partial charge < -0.3 is 24.9 Å². The number of hydrogen-bond donors (Lipinski definition) is 3. The average molecular weight is 522 g/mol. The molecule has 3 saturated carbocycles. The van der Waals surface area contributed by atoms with E-state index in [1.165, 1.54) is 0 Å². The van der Waals surface area contributed by atoms with E-state index in [2.05, 4.69) is 37.8 Å². The number of ether oxygens (including phenoxy) is 2. The van der Waals surface area contributed by atoms with Gasteiger partial charge >= 0.3 is 13.0 Å². The minimum absolute atomic E-state index is 0.0762. The molecule has 1 aliphatic heterocycles. The van der Waals surface area contributed by atoms with Crippen molar-refractivity contribution in [1.82, 2.24) is 5.34 Å². The van der Waals surface area contributed by atoms with Gasteiger partial charge in [0, 0.05) is 23.2 Å². The zero-order valence-electron chi connectivity index (χ0n) is 22.8. The van der Waals surface area contributed by atoms with Crippen LogP contribution in [0.1, 0.15) is 65.4 Å². The van der Waals surface area contributed by atoms with Crippen LogP contribution in [0.2, 0.25) is 0 Å². The van der Waals surface area contributed by atoms with Gasteiger partial charge in [-0.15, -0.1) is 6.58 Å². The Balaban J connectivity index is 1.42. The first-order chi connectivity index (χ1) is 18.0. The van der Waals surface area contributed by atoms with Crippen molar-refractivity contribution in [1.29, 1.82) is 0 Å². The maximum atomic E-state index is 13.5. The van der Waals surface area contributed by atoms with E-state index < -0.39 is 36.1 Å². The molecule has 3 N–H and O–H groups in total. The van der Waals surface area contributed by atoms with E-state index in [1.807, 2.05) is 6.92 Å². The van der Waals surface area contributed by atoms with E-state index in [0.29, 0.717) is 24.1 Å². The molecule has 8 nitrogen and oxygen atoms in total. The summed E-state index contributed by atoms with van der Waals surface area (Å²) >= 11 is 0. The number of aliphatic hydroxyl groups is 1. The predicted octanol–water partition coefficient (Wildman–Crippen LogP) is 2.60. The number of aliphatic hydroxyl groups excluding tert-OH is 1. The lowest BCUT2D eigenvalue weighted by molar-refractivity contribution is -0.207. The molecule has 1 aromatic carbocycles. The van der Waals surface area contributed by atoms with Crippen molar-refractivity contribution in [3.05, 3.63) is 36.4 Å². The maximum absolute atomic E-state index is 13.5. The Hall–Kier alpha value is -2.65. The average Bonchev–Trinajstić information content (AvgIpc) is 3.26. The van der Waals surface area contributed by atoms with Crippen LogP contribution in [-0.2, 0) is 14.3 Å². The van der Waals surface area contributed by atoms with Gasteiger partial charge in [0.05, 0.1) is 12.3 Å². The van der Waals surface area contributed by atoms with Gasteiger partial charge in [-0.1, -0.05) is 39.8 Å². The number of benzene rings is 1. The summed E-state index contributed by atoms with van der Waals surface area (Å²) in [7, 11) is -0.956. The highest BCUT2D eigenvalue weighted by Crippen LogP contribution is 2.68. The van der Waals surface area contributed by atoms with Crippen molar-refractivity contribution in [2.45, 2.75) is 72.0 Å². The minimum atomic E-state index is -0.956. The summed E-state index contributed by atoms with van der Waals surface area (Å²) in [6.45, 7) is 12.1. The van der Waals surface area contributed by atoms with Crippen LogP contribution in [0.3, 0.4) is 0 Å². The number of carbonyl (C=O) groups is 2. The largest absolute Gasteiger partial charge is 0.482 e. The molecule has 5 rings (SSSR count). The van der Waals surface area contributed by atoms with Gasteiger partial charge in [0.2, 0.25) is 0 Å². The Labute approximate surface area is 225 Å². The second-order valence-electron chi connectivity index (χ2n) is 12.4. The summed E-state index contributed by atoms with van der Waals surface area (Å²) in [6, 6.07) is 5.16. The van der Waals surface area contributed by atoms with Crippen LogP contribution < -0.4 is 15.5 Å². The highest BCUT2D eigenvalue weighted by molar-refractivity contribution is 6.65. The summed E-state index contributed by atoms with van der Waals surface area (Å²) in [4.78, 5) is 26.8. The molecule has 3 aliphatic carbocycles. The Kier molecular flexibility index (Phi) is 6.75. The standard InChI is InChI=1S/C29H39BN2O6/c1-6-27(4)14-23(38-24(34)16-37-20-8-7-19-15-31-32-30(36)21(19)13-20)28(5)17(2)9-11-29(18(3)26(27)35)12-10-22(33)25(28)29/h6-8,13,15,17-18,23,25-26,32,35-36H,1,9-12,14,16H2,2-5H3/t17-,18-,23+,25-,26-,27+,28-,29-/m0/s1. The Bertz CT molecular complexity index is 1170. The molecule has 38 heavy (non-hydrogen) atoms. The number of hydrazone groups is 1. The number of rotatable bonds is 5. The predicted molar refractivity (Wildman–Crippen MR) is 145 cm³/mol. The second kappa shape index (κ2) is 9.52. The van der Waals surface area contributed by atoms with E-state index in [-0.39, 0.29) is 35.6 Å². The second-order valence-corrected chi connectivity index (χ2v) is 12.4. The molecule has 8 atom stereocenters. The summed E-state index contributed by atoms with van der Waals surface area (Å²) in [6.07, 6.45) is 5.56. The lowest BCUT2D eigenvalue weighted by atomic mass is 9.44. The van der Waals surface area contributed by atoms with Crippen molar-refractivity contribution in [3.63, 3.8) is 0 Å². The van der Waals surface area contributed by atoms with Crippen LogP contribution in [0.15, 0.2) is 36.0 Å². The zero-order chi connectivity index (χ0) is 27.5. The fraction of sp³-hybridized carbons (Fsp3) is 0.621. The molecule has 204 valence electrons. The van der Waals surface area contributed by atoms with E-state index in [0.717, 1.165) is 24.8 Å². The Morgan fingerprint density at radius 1 is 1.32 bits per heavy atom. The molecule has 1 aromatic rings. The fourth-order valence-corrected chi connectivity index (χ4v) is 8.08. The number of nitrogens with one attached hydrogen (secondary N) is 1. The smallest absolute Gasteiger partial charge is 0.464 e. The van der Waals surface area contributed by atoms with Crippen molar-refractivity contribution >= 4 is 30.5 Å². The van der Waals surface area contributed by atoms with E-state index >= 15 is 0 Å². The summed E-state index contributed by atoms with van der Waals surface area (Å²) in [5, 5.41) is 28.3. The fourth-order valence-electron chi connectivity index (χ4n) is 8.08. The number of Topliss-reactive ketones (excluding diaryl/α,β-unsaturated/α-hetero) is 1. The lowest BCUT2D eigenvalue weighted by Gasteiger charge is -2.61. The van der Waals surface area contributed by atoms with E-state index in [9.17, 15) is 19.7 Å². The van der Waals surface area contributed by atoms with Crippen LogP contribution in [0, 0.1) is 34.0 Å². The molecule has 0 saturated heterocycles. The third-order valence-electron chi connectivity index (χ3n) is 10.7. The molecular weight excluding hydrogens is 483 g/mol. The topological polar surface area (TPSA) is 117 Å². The lowest BCUT2D eigenvalue weighted by Crippen LogP contribution is -2.63. The SMILES string of the molecule is C=C[C@]1(C)C[C@@H](OC(=O)COc2ccc3c(c2)B(O)NN=C3)[C@@]2(C)[C@@H]3C(=O)CC[C@@]3(CC[C@@H]2C)[C@@H](C)[C@@H]1O. The first-order valence-electron chi connectivity index (χ1n) is 13.7. The van der Waals surface area contributed by atoms with Gasteiger partial charge in [-0.2, -0.15) is 5.10 Å². The highest BCUT2D eigenvalue weighted by Gasteiger charge is 2.68. The molecular formula is C29H39BN2O6. The molecule has 0 radical (unpaired) electrons. The Morgan fingerprint density at radius 3 is 2.82 bits per heavy atom. The highest BCUT2D eigenvalue weighted by atomic mass is 16.6. The van der Waals surface area contributed by atoms with Crippen LogP contribution in [0.4, 0.5) is 0 Å². The Morgan fingerprint density at radius 2 is 2.08 bits per heavy atom. The molecule has 4 aliphatic rings. The van der Waals surface area contributed by atoms with Gasteiger partial charge in [0.25, 0.3) is 0 Å². The number of hydrogen-bond acceptors (Lipinski definition) is 8. The molecule has 9 heteroatoms. The van der Waals surface area contributed by atoms with E-state index in [1.54, 1.807) is 30.5 Å². The van der Waals surface area contributed by atoms with Crippen LogP contribution in [0.25, 0.3) is 0 Å². The van der Waals surface area contributed by atoms with Gasteiger partial charge in [0.1, 0.15) is 17.6 Å². The number of esters is 1. The number of carbonyl (C=O) groups excluding carboxylic acids is 2. The quantitative estimate of drug-likeness (QED) is 0.309. The monoisotopic (exact) mass is 522 g/mol. The summed E-state index contributed by atoms with van der Waals surface area (Å²) in [5.41, 5.74) is -0.195. The molecule has 0 unspecified atom stereocenters. The molecule has 3 fully saturated rings. The van der Waals surface area contributed by atoms with Gasteiger partial charge in [0.15, 0.2) is 6.61 Å². The van der Waals surface area contributed by atoms with Crippen LogP contribution >= 0.6 is 0 Å². The molecule has 1 heterocycles. The number of nitrogens with zero attached hydrogens (tertiary/aromatic N) is 1. The van der Waals surface area contributed by atoms with Crippen molar-refractivity contribution < 1.29 is 29.2 Å². The number of ketones is 1. The normalized spacial score (nSPS) is 39.8. The molecule has 0 spiro atoms. The number of fused-ring (bicyclic) bond motifs is 1. The van der Waals surface area contributed by atoms with Crippen LogP contribution in [-0.4, -0.2) is 54.0 Å². The molecule has 2 bridgehead atoms. The summed E-state index contributed by atoms with van der Waals surface area (Å²) < 4.78 is 12.0. The van der Waals surface area contributed by atoms with Gasteiger partial charge in [-0.3, -0.25) is 4.79 Å². The van der Waals surface area contributed by atoms with Crippen molar-refractivity contribution in [2.75, 3.05) is 6.61 Å². The molecule has 0 aromatic heterocycles. The van der Waals surface area contributed by atoms with Gasteiger partial charge in [-0.25, -0.2) is 4.79 Å². The van der Waals surface area contributed by atoms with E-state index in [4.69, 9.17) is 9.47 Å². The molecule has 0 amide bonds. The van der Waals surface area contributed by atoms with Crippen molar-refractivity contribution in [2.24, 2.45) is 39.1 Å². The van der Waals surface area contributed by atoms with Crippen LogP contribution in [0.5, 0.6) is 5.75 Å².